The Morgan fingerprint density at radius 2 is 1.69 bits per heavy atom. The van der Waals surface area contributed by atoms with Gasteiger partial charge in [-0.05, 0) is 60.6 Å². The number of aryl methyl sites for hydroxylation is 2. The zero-order valence-electron chi connectivity index (χ0n) is 18.4. The Morgan fingerprint density at radius 3 is 2.44 bits per heavy atom. The lowest BCUT2D eigenvalue weighted by atomic mass is 9.89. The highest BCUT2D eigenvalue weighted by atomic mass is 19.1. The molecule has 2 aromatic rings. The number of benzene rings is 2. The highest BCUT2D eigenvalue weighted by molar-refractivity contribution is 5.98. The Balaban J connectivity index is 1.32. The fourth-order valence-corrected chi connectivity index (χ4v) is 4.61. The molecule has 0 bridgehead atoms. The summed E-state index contributed by atoms with van der Waals surface area (Å²) >= 11 is 0. The van der Waals surface area contributed by atoms with Gasteiger partial charge in [0.1, 0.15) is 5.82 Å². The maximum absolute atomic E-state index is 13.4. The normalized spacial score (nSPS) is 17.4. The van der Waals surface area contributed by atoms with Crippen molar-refractivity contribution in [3.05, 3.63) is 70.5 Å². The van der Waals surface area contributed by atoms with E-state index in [0.29, 0.717) is 25.3 Å². The van der Waals surface area contributed by atoms with Gasteiger partial charge in [-0.1, -0.05) is 24.3 Å². The van der Waals surface area contributed by atoms with E-state index in [1.54, 1.807) is 12.1 Å². The molecule has 1 atom stereocenters. The first-order chi connectivity index (χ1) is 15.6. The van der Waals surface area contributed by atoms with Crippen molar-refractivity contribution >= 4 is 11.7 Å². The fourth-order valence-electron chi connectivity index (χ4n) is 4.61. The number of hydrogen-bond donors (Lipinski definition) is 1. The number of ketones is 1. The van der Waals surface area contributed by atoms with Crippen LogP contribution in [0.2, 0.25) is 0 Å². The number of morpholine rings is 1. The van der Waals surface area contributed by atoms with Gasteiger partial charge in [0.15, 0.2) is 5.78 Å². The van der Waals surface area contributed by atoms with Crippen LogP contribution in [0.4, 0.5) is 4.39 Å². The van der Waals surface area contributed by atoms with Gasteiger partial charge in [-0.25, -0.2) is 4.39 Å². The predicted molar refractivity (Wildman–Crippen MR) is 121 cm³/mol. The molecule has 2 aliphatic rings. The van der Waals surface area contributed by atoms with Gasteiger partial charge in [0, 0.05) is 38.0 Å². The van der Waals surface area contributed by atoms with E-state index < -0.39 is 0 Å². The molecule has 170 valence electrons. The van der Waals surface area contributed by atoms with Gasteiger partial charge in [-0.15, -0.1) is 0 Å². The molecule has 6 heteroatoms. The summed E-state index contributed by atoms with van der Waals surface area (Å²) in [4.78, 5) is 27.4. The maximum Gasteiger partial charge on any atom is 0.220 e. The van der Waals surface area contributed by atoms with Crippen LogP contribution < -0.4 is 5.32 Å². The van der Waals surface area contributed by atoms with Gasteiger partial charge >= 0.3 is 0 Å². The van der Waals surface area contributed by atoms with Crippen molar-refractivity contribution < 1.29 is 18.7 Å². The average molecular weight is 439 g/mol. The van der Waals surface area contributed by atoms with Gasteiger partial charge in [0.05, 0.1) is 19.3 Å². The highest BCUT2D eigenvalue weighted by Crippen LogP contribution is 2.24. The molecular weight excluding hydrogens is 407 g/mol. The first kappa shape index (κ1) is 22.6. The molecule has 0 spiro atoms. The molecule has 0 radical (unpaired) electrons. The largest absolute Gasteiger partial charge is 0.379 e. The quantitative estimate of drug-likeness (QED) is 0.636. The van der Waals surface area contributed by atoms with E-state index in [0.717, 1.165) is 31.5 Å². The molecular formula is C26H31FN2O3. The predicted octanol–water partition coefficient (Wildman–Crippen LogP) is 3.86. The lowest BCUT2D eigenvalue weighted by molar-refractivity contribution is -0.121. The van der Waals surface area contributed by atoms with Crippen LogP contribution in [-0.2, 0) is 22.4 Å². The van der Waals surface area contributed by atoms with Gasteiger partial charge in [0.25, 0.3) is 0 Å². The standard InChI is InChI=1S/C26H31FN2O3/c27-23-9-7-20(8-10-23)24(29-13-15-32-16-14-29)18-28-26(31)12-11-25(30)22-6-5-19-3-1-2-4-21(19)17-22/h5-10,17,24H,1-4,11-16,18H2,(H,28,31)/t24-/m1/s1. The van der Waals surface area contributed by atoms with Crippen molar-refractivity contribution in [1.82, 2.24) is 10.2 Å². The second-order valence-corrected chi connectivity index (χ2v) is 8.63. The van der Waals surface area contributed by atoms with Crippen LogP contribution in [0.3, 0.4) is 0 Å². The van der Waals surface area contributed by atoms with Crippen molar-refractivity contribution in [2.75, 3.05) is 32.8 Å². The van der Waals surface area contributed by atoms with E-state index in [1.807, 2.05) is 12.1 Å². The molecule has 2 aromatic carbocycles. The summed E-state index contributed by atoms with van der Waals surface area (Å²) in [5.41, 5.74) is 4.29. The minimum absolute atomic E-state index is 0.0109. The lowest BCUT2D eigenvalue weighted by Crippen LogP contribution is -2.43. The van der Waals surface area contributed by atoms with E-state index in [1.165, 1.54) is 36.1 Å². The fraction of sp³-hybridized carbons (Fsp3) is 0.462. The van der Waals surface area contributed by atoms with E-state index >= 15 is 0 Å². The van der Waals surface area contributed by atoms with Gasteiger partial charge in [-0.2, -0.15) is 0 Å². The molecule has 32 heavy (non-hydrogen) atoms. The van der Waals surface area contributed by atoms with Crippen molar-refractivity contribution in [3.63, 3.8) is 0 Å². The van der Waals surface area contributed by atoms with Crippen LogP contribution in [0.15, 0.2) is 42.5 Å². The summed E-state index contributed by atoms with van der Waals surface area (Å²) in [6.07, 6.45) is 4.86. The van der Waals surface area contributed by atoms with Crippen LogP contribution in [0, 0.1) is 5.82 Å². The van der Waals surface area contributed by atoms with E-state index in [9.17, 15) is 14.0 Å². The number of fused-ring (bicyclic) bond motifs is 1. The minimum atomic E-state index is -0.279. The highest BCUT2D eigenvalue weighted by Gasteiger charge is 2.23. The van der Waals surface area contributed by atoms with Gasteiger partial charge in [0.2, 0.25) is 5.91 Å². The third-order valence-corrected chi connectivity index (χ3v) is 6.48. The van der Waals surface area contributed by atoms with E-state index in [-0.39, 0.29) is 36.4 Å². The Bertz CT molecular complexity index is 939. The number of ether oxygens (including phenoxy) is 1. The van der Waals surface area contributed by atoms with Crippen LogP contribution in [-0.4, -0.2) is 49.4 Å². The molecule has 1 aliphatic heterocycles. The van der Waals surface area contributed by atoms with Crippen LogP contribution in [0.1, 0.15) is 58.8 Å². The van der Waals surface area contributed by atoms with Crippen molar-refractivity contribution in [2.45, 2.75) is 44.6 Å². The van der Waals surface area contributed by atoms with Gasteiger partial charge < -0.3 is 10.1 Å². The number of amides is 1. The molecule has 1 saturated heterocycles. The molecule has 5 nitrogen and oxygen atoms in total. The SMILES string of the molecule is O=C(CCC(=O)c1ccc2c(c1)CCCC2)NC[C@H](c1ccc(F)cc1)N1CCOCC1. The summed E-state index contributed by atoms with van der Waals surface area (Å²) in [6.45, 7) is 3.21. The third-order valence-electron chi connectivity index (χ3n) is 6.48. The number of halogens is 1. The van der Waals surface area contributed by atoms with E-state index in [2.05, 4.69) is 16.3 Å². The van der Waals surface area contributed by atoms with Crippen molar-refractivity contribution in [3.8, 4) is 0 Å². The molecule has 1 N–H and O–H groups in total. The number of rotatable bonds is 8. The molecule has 1 aliphatic carbocycles. The number of Topliss-reactive ketones (excluding diaryl/α,β-unsaturated/α-hetero) is 1. The maximum atomic E-state index is 13.4. The van der Waals surface area contributed by atoms with Crippen LogP contribution in [0.25, 0.3) is 0 Å². The summed E-state index contributed by atoms with van der Waals surface area (Å²) < 4.78 is 18.8. The third kappa shape index (κ3) is 5.81. The first-order valence-corrected chi connectivity index (χ1v) is 11.6. The number of hydrogen-bond acceptors (Lipinski definition) is 4. The topological polar surface area (TPSA) is 58.6 Å². The monoisotopic (exact) mass is 438 g/mol. The van der Waals surface area contributed by atoms with Gasteiger partial charge in [-0.3, -0.25) is 14.5 Å². The second kappa shape index (κ2) is 10.8. The zero-order chi connectivity index (χ0) is 22.3. The summed E-state index contributed by atoms with van der Waals surface area (Å²) in [7, 11) is 0. The van der Waals surface area contributed by atoms with Crippen LogP contribution >= 0.6 is 0 Å². The Labute approximate surface area is 188 Å². The molecule has 0 aromatic heterocycles. The molecule has 4 rings (SSSR count). The number of nitrogens with one attached hydrogen (secondary N) is 1. The summed E-state index contributed by atoms with van der Waals surface area (Å²) in [5.74, 6) is -0.410. The van der Waals surface area contributed by atoms with Crippen molar-refractivity contribution in [2.24, 2.45) is 0 Å². The first-order valence-electron chi connectivity index (χ1n) is 11.6. The van der Waals surface area contributed by atoms with E-state index in [4.69, 9.17) is 4.74 Å². The summed E-state index contributed by atoms with van der Waals surface area (Å²) in [5, 5.41) is 2.98. The zero-order valence-corrected chi connectivity index (χ0v) is 18.4. The molecule has 0 saturated carbocycles. The molecule has 1 fully saturated rings. The van der Waals surface area contributed by atoms with Crippen LogP contribution in [0.5, 0.6) is 0 Å². The average Bonchev–Trinajstić information content (AvgIpc) is 2.84. The number of carbonyl (C=O) groups excluding carboxylic acids is 2. The molecule has 0 unspecified atom stereocenters. The number of nitrogens with zero attached hydrogens (tertiary/aromatic N) is 1. The van der Waals surface area contributed by atoms with Crippen molar-refractivity contribution in [1.29, 1.82) is 0 Å². The molecule has 1 amide bonds. The number of carbonyl (C=O) groups is 2. The smallest absolute Gasteiger partial charge is 0.220 e. The second-order valence-electron chi connectivity index (χ2n) is 8.63. The molecule has 1 heterocycles. The Kier molecular flexibility index (Phi) is 7.66. The lowest BCUT2D eigenvalue weighted by Gasteiger charge is -2.35. The summed E-state index contributed by atoms with van der Waals surface area (Å²) in [6, 6.07) is 12.3. The Hall–Kier alpha value is -2.57. The minimum Gasteiger partial charge on any atom is -0.379 e. The Morgan fingerprint density at radius 1 is 0.969 bits per heavy atom.